The van der Waals surface area contributed by atoms with Gasteiger partial charge in [0.2, 0.25) is 0 Å². The Morgan fingerprint density at radius 2 is 1.87 bits per heavy atom. The molecule has 3 aromatic heterocycles. The number of carbonyl (C=O) groups excluding carboxylic acids is 1. The lowest BCUT2D eigenvalue weighted by molar-refractivity contribution is 0.0240. The maximum absolute atomic E-state index is 12.4. The van der Waals surface area contributed by atoms with Gasteiger partial charge in [-0.1, -0.05) is 11.6 Å². The molecule has 1 fully saturated rings. The van der Waals surface area contributed by atoms with Crippen molar-refractivity contribution >= 4 is 34.3 Å². The molecule has 1 aliphatic heterocycles. The van der Waals surface area contributed by atoms with E-state index >= 15 is 0 Å². The highest BCUT2D eigenvalue weighted by Crippen LogP contribution is 2.31. The SMILES string of the molecule is CC(C)(C)OC(=O)N1CCN(c2nc(-c3ccnc(Cl)c3)cc3cnccc23)CC1. The zero-order chi connectivity index (χ0) is 21.3. The van der Waals surface area contributed by atoms with Crippen LogP contribution in [0.25, 0.3) is 22.0 Å². The van der Waals surface area contributed by atoms with Gasteiger partial charge in [0.1, 0.15) is 16.6 Å². The van der Waals surface area contributed by atoms with Crippen LogP contribution in [-0.2, 0) is 4.74 Å². The topological polar surface area (TPSA) is 71.5 Å². The fraction of sp³-hybridized carbons (Fsp3) is 0.364. The normalized spacial score (nSPS) is 14.8. The van der Waals surface area contributed by atoms with E-state index in [-0.39, 0.29) is 6.09 Å². The molecule has 0 atom stereocenters. The molecule has 1 saturated heterocycles. The molecule has 4 rings (SSSR count). The number of aromatic nitrogens is 3. The highest BCUT2D eigenvalue weighted by molar-refractivity contribution is 6.29. The van der Waals surface area contributed by atoms with Crippen molar-refractivity contribution in [2.75, 3.05) is 31.1 Å². The third kappa shape index (κ3) is 4.46. The number of nitrogens with zero attached hydrogens (tertiary/aromatic N) is 5. The largest absolute Gasteiger partial charge is 0.444 e. The molecule has 156 valence electrons. The lowest BCUT2D eigenvalue weighted by Crippen LogP contribution is -2.50. The summed E-state index contributed by atoms with van der Waals surface area (Å²) in [4.78, 5) is 29.6. The Labute approximate surface area is 180 Å². The maximum Gasteiger partial charge on any atom is 0.410 e. The Morgan fingerprint density at radius 1 is 1.10 bits per heavy atom. The standard InChI is InChI=1S/C22H24ClN5O2/c1-22(2,3)30-21(29)28-10-8-27(9-11-28)20-17-5-6-24-14-16(17)12-18(26-20)15-4-7-25-19(23)13-15/h4-7,12-14H,8-11H2,1-3H3. The van der Waals surface area contributed by atoms with E-state index in [1.54, 1.807) is 23.4 Å². The number of halogens is 1. The molecule has 0 unspecified atom stereocenters. The van der Waals surface area contributed by atoms with Crippen molar-refractivity contribution in [2.24, 2.45) is 0 Å². The lowest BCUT2D eigenvalue weighted by Gasteiger charge is -2.36. The summed E-state index contributed by atoms with van der Waals surface area (Å²) in [6.45, 7) is 8.13. The summed E-state index contributed by atoms with van der Waals surface area (Å²) in [5, 5.41) is 2.45. The number of carbonyl (C=O) groups is 1. The van der Waals surface area contributed by atoms with Crippen LogP contribution < -0.4 is 4.90 Å². The minimum atomic E-state index is -0.501. The molecule has 3 aromatic rings. The third-order valence-corrected chi connectivity index (χ3v) is 5.07. The summed E-state index contributed by atoms with van der Waals surface area (Å²) >= 11 is 6.08. The molecule has 0 spiro atoms. The van der Waals surface area contributed by atoms with E-state index in [1.165, 1.54) is 0 Å². The lowest BCUT2D eigenvalue weighted by atomic mass is 10.1. The van der Waals surface area contributed by atoms with Crippen molar-refractivity contribution in [3.8, 4) is 11.3 Å². The minimum absolute atomic E-state index is 0.274. The van der Waals surface area contributed by atoms with E-state index in [1.807, 2.05) is 45.2 Å². The van der Waals surface area contributed by atoms with Crippen molar-refractivity contribution in [3.63, 3.8) is 0 Å². The third-order valence-electron chi connectivity index (χ3n) is 4.86. The van der Waals surface area contributed by atoms with Crippen LogP contribution >= 0.6 is 11.6 Å². The number of amides is 1. The highest BCUT2D eigenvalue weighted by Gasteiger charge is 2.27. The predicted octanol–water partition coefficient (Wildman–Crippen LogP) is 4.40. The first-order chi connectivity index (χ1) is 14.3. The van der Waals surface area contributed by atoms with Crippen LogP contribution in [0.5, 0.6) is 0 Å². The fourth-order valence-corrected chi connectivity index (χ4v) is 3.63. The van der Waals surface area contributed by atoms with Gasteiger partial charge in [-0.2, -0.15) is 0 Å². The molecule has 7 nitrogen and oxygen atoms in total. The Balaban J connectivity index is 1.62. The highest BCUT2D eigenvalue weighted by atomic mass is 35.5. The Morgan fingerprint density at radius 3 is 2.57 bits per heavy atom. The summed E-state index contributed by atoms with van der Waals surface area (Å²) in [7, 11) is 0. The van der Waals surface area contributed by atoms with E-state index < -0.39 is 5.60 Å². The molecular formula is C22H24ClN5O2. The molecule has 1 amide bonds. The molecular weight excluding hydrogens is 402 g/mol. The molecule has 0 aromatic carbocycles. The second-order valence-electron chi connectivity index (χ2n) is 8.25. The van der Waals surface area contributed by atoms with Gasteiger partial charge in [0.05, 0.1) is 5.69 Å². The second kappa shape index (κ2) is 8.07. The van der Waals surface area contributed by atoms with Gasteiger partial charge in [0.15, 0.2) is 0 Å². The molecule has 0 N–H and O–H groups in total. The number of hydrogen-bond donors (Lipinski definition) is 0. The van der Waals surface area contributed by atoms with Gasteiger partial charge in [-0.3, -0.25) is 4.98 Å². The average Bonchev–Trinajstić information content (AvgIpc) is 2.72. The van der Waals surface area contributed by atoms with Gasteiger partial charge < -0.3 is 14.5 Å². The van der Waals surface area contributed by atoms with Crippen LogP contribution in [-0.4, -0.2) is 57.7 Å². The smallest absolute Gasteiger partial charge is 0.410 e. The van der Waals surface area contributed by atoms with E-state index in [9.17, 15) is 4.79 Å². The molecule has 30 heavy (non-hydrogen) atoms. The zero-order valence-corrected chi connectivity index (χ0v) is 18.1. The van der Waals surface area contributed by atoms with Gasteiger partial charge in [-0.15, -0.1) is 0 Å². The quantitative estimate of drug-likeness (QED) is 0.566. The zero-order valence-electron chi connectivity index (χ0n) is 17.3. The van der Waals surface area contributed by atoms with E-state index in [2.05, 4.69) is 14.9 Å². The summed E-state index contributed by atoms with van der Waals surface area (Å²) in [5.74, 6) is 0.877. The van der Waals surface area contributed by atoms with Crippen LogP contribution in [0.3, 0.4) is 0 Å². The Bertz CT molecular complexity index is 1070. The number of ether oxygens (including phenoxy) is 1. The monoisotopic (exact) mass is 425 g/mol. The number of pyridine rings is 3. The van der Waals surface area contributed by atoms with Gasteiger partial charge in [0, 0.05) is 61.1 Å². The Hall–Kier alpha value is -2.93. The van der Waals surface area contributed by atoms with Crippen LogP contribution in [0.1, 0.15) is 20.8 Å². The second-order valence-corrected chi connectivity index (χ2v) is 8.64. The molecule has 1 aliphatic rings. The first-order valence-corrected chi connectivity index (χ1v) is 10.3. The first kappa shape index (κ1) is 20.3. The number of hydrogen-bond acceptors (Lipinski definition) is 6. The number of anilines is 1. The number of fused-ring (bicyclic) bond motifs is 1. The summed E-state index contributed by atoms with van der Waals surface area (Å²) in [6.07, 6.45) is 5.01. The molecule has 0 bridgehead atoms. The first-order valence-electron chi connectivity index (χ1n) is 9.90. The van der Waals surface area contributed by atoms with E-state index in [0.717, 1.165) is 27.8 Å². The van der Waals surface area contributed by atoms with Gasteiger partial charge in [-0.25, -0.2) is 14.8 Å². The van der Waals surface area contributed by atoms with E-state index in [4.69, 9.17) is 21.3 Å². The number of piperazine rings is 1. The predicted molar refractivity (Wildman–Crippen MR) is 118 cm³/mol. The fourth-order valence-electron chi connectivity index (χ4n) is 3.46. The molecule has 8 heteroatoms. The van der Waals surface area contributed by atoms with Crippen molar-refractivity contribution in [1.29, 1.82) is 0 Å². The minimum Gasteiger partial charge on any atom is -0.444 e. The molecule has 0 saturated carbocycles. The maximum atomic E-state index is 12.4. The summed E-state index contributed by atoms with van der Waals surface area (Å²) < 4.78 is 5.50. The van der Waals surface area contributed by atoms with Crippen molar-refractivity contribution in [3.05, 3.63) is 48.0 Å². The average molecular weight is 426 g/mol. The van der Waals surface area contributed by atoms with Crippen LogP contribution in [0.4, 0.5) is 10.6 Å². The number of rotatable bonds is 2. The van der Waals surface area contributed by atoms with Gasteiger partial charge >= 0.3 is 6.09 Å². The van der Waals surface area contributed by atoms with Crippen LogP contribution in [0, 0.1) is 0 Å². The molecule has 4 heterocycles. The molecule has 0 aliphatic carbocycles. The van der Waals surface area contributed by atoms with Crippen molar-refractivity contribution in [2.45, 2.75) is 26.4 Å². The van der Waals surface area contributed by atoms with E-state index in [0.29, 0.717) is 31.3 Å². The van der Waals surface area contributed by atoms with Crippen molar-refractivity contribution in [1.82, 2.24) is 19.9 Å². The summed E-state index contributed by atoms with van der Waals surface area (Å²) in [5.41, 5.74) is 1.21. The summed E-state index contributed by atoms with van der Waals surface area (Å²) in [6, 6.07) is 7.67. The van der Waals surface area contributed by atoms with Crippen LogP contribution in [0.2, 0.25) is 5.15 Å². The van der Waals surface area contributed by atoms with Gasteiger partial charge in [-0.05, 0) is 45.0 Å². The van der Waals surface area contributed by atoms with Crippen molar-refractivity contribution < 1.29 is 9.53 Å². The molecule has 0 radical (unpaired) electrons. The Kier molecular flexibility index (Phi) is 5.47. The van der Waals surface area contributed by atoms with Crippen LogP contribution in [0.15, 0.2) is 42.9 Å². The van der Waals surface area contributed by atoms with Gasteiger partial charge in [0.25, 0.3) is 0 Å².